The van der Waals surface area contributed by atoms with E-state index in [4.69, 9.17) is 5.73 Å². The quantitative estimate of drug-likeness (QED) is 0.662. The van der Waals surface area contributed by atoms with Crippen molar-refractivity contribution >= 4 is 21.4 Å². The number of nitrogens with one attached hydrogen (secondary N) is 1. The highest BCUT2D eigenvalue weighted by atomic mass is 32.2. The monoisotopic (exact) mass is 315 g/mol. The van der Waals surface area contributed by atoms with Crippen LogP contribution >= 0.6 is 0 Å². The first kappa shape index (κ1) is 17.7. The number of aliphatic hydroxyl groups is 1. The van der Waals surface area contributed by atoms with Crippen molar-refractivity contribution in [1.29, 1.82) is 0 Å². The Labute approximate surface area is 127 Å². The molecule has 0 bridgehead atoms. The molecule has 1 aromatic carbocycles. The van der Waals surface area contributed by atoms with E-state index in [1.807, 2.05) is 13.8 Å². The molecule has 0 saturated heterocycles. The number of aliphatic hydroxyl groups excluding tert-OH is 1. The molecule has 1 aromatic rings. The number of anilines is 2. The van der Waals surface area contributed by atoms with E-state index in [0.717, 1.165) is 4.31 Å². The van der Waals surface area contributed by atoms with E-state index >= 15 is 0 Å². The van der Waals surface area contributed by atoms with E-state index in [0.29, 0.717) is 24.2 Å². The van der Waals surface area contributed by atoms with E-state index in [9.17, 15) is 13.5 Å². The van der Waals surface area contributed by atoms with Gasteiger partial charge in [0.1, 0.15) is 0 Å². The average Bonchev–Trinajstić information content (AvgIpc) is 2.46. The average molecular weight is 315 g/mol. The van der Waals surface area contributed by atoms with Crippen LogP contribution in [0.2, 0.25) is 0 Å². The molecule has 0 saturated carbocycles. The van der Waals surface area contributed by atoms with Crippen LogP contribution in [-0.2, 0) is 10.0 Å². The van der Waals surface area contributed by atoms with Crippen LogP contribution in [0.5, 0.6) is 0 Å². The fourth-order valence-electron chi connectivity index (χ4n) is 1.99. The molecule has 0 amide bonds. The lowest BCUT2D eigenvalue weighted by Crippen LogP contribution is -2.41. The molecule has 0 aliphatic rings. The first-order valence-electron chi connectivity index (χ1n) is 6.93. The highest BCUT2D eigenvalue weighted by Crippen LogP contribution is 2.29. The largest absolute Gasteiger partial charge is 0.397 e. The van der Waals surface area contributed by atoms with Gasteiger partial charge in [-0.3, -0.25) is 0 Å². The summed E-state index contributed by atoms with van der Waals surface area (Å²) in [6, 6.07) is 4.56. The summed E-state index contributed by atoms with van der Waals surface area (Å²) >= 11 is 0. The summed E-state index contributed by atoms with van der Waals surface area (Å²) < 4.78 is 25.5. The lowest BCUT2D eigenvalue weighted by Gasteiger charge is -2.32. The minimum absolute atomic E-state index is 0.0515. The van der Waals surface area contributed by atoms with E-state index in [-0.39, 0.29) is 11.5 Å². The maximum Gasteiger partial charge on any atom is 0.242 e. The molecule has 0 aliphatic carbocycles. The van der Waals surface area contributed by atoms with Gasteiger partial charge in [-0.15, -0.1) is 0 Å². The molecule has 0 unspecified atom stereocenters. The van der Waals surface area contributed by atoms with Crippen molar-refractivity contribution in [3.63, 3.8) is 0 Å². The van der Waals surface area contributed by atoms with Crippen molar-refractivity contribution < 1.29 is 13.5 Å². The number of sulfonamides is 1. The molecule has 1 rings (SSSR count). The Morgan fingerprint density at radius 3 is 2.29 bits per heavy atom. The first-order chi connectivity index (χ1) is 9.72. The summed E-state index contributed by atoms with van der Waals surface area (Å²) in [5, 5.41) is 12.8. The number of nitrogens with zero attached hydrogens (tertiary/aromatic N) is 1. The summed E-state index contributed by atoms with van der Waals surface area (Å²) in [5.74, 6) is 0. The summed E-state index contributed by atoms with van der Waals surface area (Å²) in [5.41, 5.74) is 6.40. The van der Waals surface area contributed by atoms with Gasteiger partial charge in [0.15, 0.2) is 0 Å². The van der Waals surface area contributed by atoms with E-state index < -0.39 is 15.6 Å². The fraction of sp³-hybridized carbons (Fsp3) is 0.571. The van der Waals surface area contributed by atoms with Crippen molar-refractivity contribution in [3.05, 3.63) is 18.2 Å². The third-order valence-electron chi connectivity index (χ3n) is 3.86. The van der Waals surface area contributed by atoms with E-state index in [2.05, 4.69) is 5.32 Å². The van der Waals surface area contributed by atoms with Crippen molar-refractivity contribution in [2.75, 3.05) is 31.8 Å². The second-order valence-electron chi connectivity index (χ2n) is 5.31. The Hall–Kier alpha value is -1.31. The van der Waals surface area contributed by atoms with Crippen LogP contribution in [0.4, 0.5) is 11.4 Å². The molecule has 0 aromatic heterocycles. The molecule has 0 spiro atoms. The Balaban J connectivity index is 3.26. The Morgan fingerprint density at radius 2 is 1.86 bits per heavy atom. The molecule has 0 heterocycles. The standard InChI is InChI=1S/C14H25N3O3S/c1-5-14(6-2,10-18)16-13-9-11(7-8-12(13)15)21(19,20)17(3)4/h7-9,16,18H,5-6,10,15H2,1-4H3. The summed E-state index contributed by atoms with van der Waals surface area (Å²) in [4.78, 5) is 0.170. The zero-order chi connectivity index (χ0) is 16.3. The smallest absolute Gasteiger partial charge is 0.242 e. The SMILES string of the molecule is CCC(CC)(CO)Nc1cc(S(=O)(=O)N(C)C)ccc1N. The minimum atomic E-state index is -3.52. The third-order valence-corrected chi connectivity index (χ3v) is 5.67. The summed E-state index contributed by atoms with van der Waals surface area (Å²) in [6.07, 6.45) is 1.40. The second-order valence-corrected chi connectivity index (χ2v) is 7.46. The van der Waals surface area contributed by atoms with Gasteiger partial charge in [0, 0.05) is 14.1 Å². The molecule has 0 radical (unpaired) electrons. The third kappa shape index (κ3) is 3.66. The van der Waals surface area contributed by atoms with Crippen molar-refractivity contribution in [2.24, 2.45) is 0 Å². The van der Waals surface area contributed by atoms with Crippen LogP contribution in [0.3, 0.4) is 0 Å². The van der Waals surface area contributed by atoms with Gasteiger partial charge in [0.25, 0.3) is 0 Å². The zero-order valence-electron chi connectivity index (χ0n) is 13.0. The normalized spacial score (nSPS) is 12.7. The second kappa shape index (κ2) is 6.64. The number of hydrogen-bond acceptors (Lipinski definition) is 5. The van der Waals surface area contributed by atoms with Gasteiger partial charge in [0.05, 0.1) is 28.4 Å². The minimum Gasteiger partial charge on any atom is -0.397 e. The van der Waals surface area contributed by atoms with Gasteiger partial charge in [0.2, 0.25) is 10.0 Å². The molecule has 120 valence electrons. The molecule has 21 heavy (non-hydrogen) atoms. The van der Waals surface area contributed by atoms with Crippen LogP contribution in [0, 0.1) is 0 Å². The number of nitrogens with two attached hydrogens (primary N) is 1. The molecule has 6 nitrogen and oxygen atoms in total. The van der Waals surface area contributed by atoms with Crippen molar-refractivity contribution in [3.8, 4) is 0 Å². The van der Waals surface area contributed by atoms with Gasteiger partial charge in [-0.25, -0.2) is 12.7 Å². The maximum absolute atomic E-state index is 12.2. The summed E-state index contributed by atoms with van der Waals surface area (Å²) in [7, 11) is -0.555. The van der Waals surface area contributed by atoms with Gasteiger partial charge < -0.3 is 16.2 Å². The topological polar surface area (TPSA) is 95.7 Å². The number of hydrogen-bond donors (Lipinski definition) is 3. The van der Waals surface area contributed by atoms with E-state index in [1.54, 1.807) is 6.07 Å². The van der Waals surface area contributed by atoms with Crippen LogP contribution in [0.15, 0.2) is 23.1 Å². The van der Waals surface area contributed by atoms with Crippen LogP contribution < -0.4 is 11.1 Å². The number of rotatable bonds is 7. The molecule has 0 aliphatic heterocycles. The van der Waals surface area contributed by atoms with Gasteiger partial charge in [-0.1, -0.05) is 13.8 Å². The van der Waals surface area contributed by atoms with Crippen LogP contribution in [0.25, 0.3) is 0 Å². The Bertz CT molecular complexity index is 573. The van der Waals surface area contributed by atoms with Crippen molar-refractivity contribution in [2.45, 2.75) is 37.1 Å². The highest BCUT2D eigenvalue weighted by molar-refractivity contribution is 7.89. The van der Waals surface area contributed by atoms with Gasteiger partial charge in [-0.05, 0) is 31.0 Å². The lowest BCUT2D eigenvalue weighted by atomic mass is 9.93. The number of benzene rings is 1. The molecular weight excluding hydrogens is 290 g/mol. The molecule has 4 N–H and O–H groups in total. The molecular formula is C14H25N3O3S. The maximum atomic E-state index is 12.2. The predicted octanol–water partition coefficient (Wildman–Crippen LogP) is 1.48. The van der Waals surface area contributed by atoms with Gasteiger partial charge >= 0.3 is 0 Å². The van der Waals surface area contributed by atoms with Crippen LogP contribution in [-0.4, -0.2) is 44.1 Å². The van der Waals surface area contributed by atoms with Gasteiger partial charge in [-0.2, -0.15) is 0 Å². The highest BCUT2D eigenvalue weighted by Gasteiger charge is 2.26. The Kier molecular flexibility index (Phi) is 5.61. The van der Waals surface area contributed by atoms with Crippen LogP contribution in [0.1, 0.15) is 26.7 Å². The fourth-order valence-corrected chi connectivity index (χ4v) is 2.92. The van der Waals surface area contributed by atoms with Crippen molar-refractivity contribution in [1.82, 2.24) is 4.31 Å². The molecule has 7 heteroatoms. The molecule has 0 atom stereocenters. The molecule has 0 fully saturated rings. The predicted molar refractivity (Wildman–Crippen MR) is 85.7 cm³/mol. The summed E-state index contributed by atoms with van der Waals surface area (Å²) in [6.45, 7) is 3.87. The van der Waals surface area contributed by atoms with E-state index in [1.165, 1.54) is 26.2 Å². The number of nitrogen functional groups attached to an aromatic ring is 1. The Morgan fingerprint density at radius 1 is 1.29 bits per heavy atom. The lowest BCUT2D eigenvalue weighted by molar-refractivity contribution is 0.202. The zero-order valence-corrected chi connectivity index (χ0v) is 13.9. The first-order valence-corrected chi connectivity index (χ1v) is 8.37.